The third-order valence-corrected chi connectivity index (χ3v) is 5.37. The molecule has 2 nitrogen and oxygen atoms in total. The second-order valence-corrected chi connectivity index (χ2v) is 6.75. The highest BCUT2D eigenvalue weighted by molar-refractivity contribution is 7.11. The molecule has 0 radical (unpaired) electrons. The van der Waals surface area contributed by atoms with Crippen molar-refractivity contribution >= 4 is 11.3 Å². The van der Waals surface area contributed by atoms with Crippen LogP contribution in [0.3, 0.4) is 0 Å². The fourth-order valence-electron chi connectivity index (χ4n) is 3.07. The van der Waals surface area contributed by atoms with E-state index >= 15 is 0 Å². The summed E-state index contributed by atoms with van der Waals surface area (Å²) in [6.07, 6.45) is 4.68. The molecule has 2 aromatic rings. The van der Waals surface area contributed by atoms with Crippen LogP contribution in [0.15, 0.2) is 18.2 Å². The summed E-state index contributed by atoms with van der Waals surface area (Å²) in [4.78, 5) is 2.93. The minimum Gasteiger partial charge on any atom is -0.343 e. The van der Waals surface area contributed by atoms with Crippen molar-refractivity contribution in [2.24, 2.45) is 5.73 Å². The van der Waals surface area contributed by atoms with Gasteiger partial charge in [-0.05, 0) is 56.4 Å². The van der Waals surface area contributed by atoms with Crippen molar-refractivity contribution in [2.45, 2.75) is 52.1 Å². The zero-order valence-corrected chi connectivity index (χ0v) is 12.6. The van der Waals surface area contributed by atoms with E-state index in [1.807, 2.05) is 11.3 Å². The molecule has 2 aromatic heterocycles. The van der Waals surface area contributed by atoms with Crippen LogP contribution in [0.4, 0.5) is 0 Å². The standard InChI is InChI=1S/C16H22N2S/c1-3-12-7-8-13(19-12)10-18-11(2)9-14-15(17)5-4-6-16(14)18/h7-9,15H,3-6,10,17H2,1-2H3. The third-order valence-electron chi connectivity index (χ3n) is 4.16. The van der Waals surface area contributed by atoms with Crippen molar-refractivity contribution in [2.75, 3.05) is 0 Å². The Morgan fingerprint density at radius 1 is 1.37 bits per heavy atom. The van der Waals surface area contributed by atoms with Crippen LogP contribution in [-0.4, -0.2) is 4.57 Å². The van der Waals surface area contributed by atoms with Gasteiger partial charge in [-0.1, -0.05) is 6.92 Å². The van der Waals surface area contributed by atoms with Gasteiger partial charge in [-0.25, -0.2) is 0 Å². The van der Waals surface area contributed by atoms with Gasteiger partial charge in [0.15, 0.2) is 0 Å². The number of aromatic nitrogens is 1. The fourth-order valence-corrected chi connectivity index (χ4v) is 4.02. The maximum absolute atomic E-state index is 6.24. The van der Waals surface area contributed by atoms with Gasteiger partial charge in [0, 0.05) is 27.2 Å². The summed E-state index contributed by atoms with van der Waals surface area (Å²) in [6.45, 7) is 5.44. The quantitative estimate of drug-likeness (QED) is 0.906. The molecule has 0 bridgehead atoms. The predicted octanol–water partition coefficient (Wildman–Crippen LogP) is 3.80. The number of hydrogen-bond donors (Lipinski definition) is 1. The van der Waals surface area contributed by atoms with E-state index in [0.717, 1.165) is 19.4 Å². The Labute approximate surface area is 119 Å². The van der Waals surface area contributed by atoms with E-state index < -0.39 is 0 Å². The topological polar surface area (TPSA) is 30.9 Å². The van der Waals surface area contributed by atoms with Crippen LogP contribution < -0.4 is 5.73 Å². The minimum atomic E-state index is 0.248. The van der Waals surface area contributed by atoms with Crippen LogP contribution in [0.5, 0.6) is 0 Å². The number of thiophene rings is 1. The van der Waals surface area contributed by atoms with E-state index in [2.05, 4.69) is 36.6 Å². The van der Waals surface area contributed by atoms with Gasteiger partial charge in [-0.2, -0.15) is 0 Å². The molecule has 19 heavy (non-hydrogen) atoms. The van der Waals surface area contributed by atoms with E-state index in [-0.39, 0.29) is 6.04 Å². The zero-order chi connectivity index (χ0) is 13.4. The predicted molar refractivity (Wildman–Crippen MR) is 81.8 cm³/mol. The molecule has 3 heteroatoms. The van der Waals surface area contributed by atoms with Gasteiger partial charge in [0.05, 0.1) is 6.54 Å². The molecule has 0 amide bonds. The molecule has 0 fully saturated rings. The van der Waals surface area contributed by atoms with Crippen molar-refractivity contribution in [3.05, 3.63) is 44.9 Å². The summed E-state index contributed by atoms with van der Waals surface area (Å²) in [6, 6.07) is 7.08. The Kier molecular flexibility index (Phi) is 3.50. The van der Waals surface area contributed by atoms with Crippen molar-refractivity contribution in [1.29, 1.82) is 0 Å². The van der Waals surface area contributed by atoms with Gasteiger partial charge in [0.1, 0.15) is 0 Å². The Hall–Kier alpha value is -1.06. The molecule has 1 unspecified atom stereocenters. The Morgan fingerprint density at radius 2 is 2.16 bits per heavy atom. The molecule has 0 saturated heterocycles. The van der Waals surface area contributed by atoms with E-state index in [4.69, 9.17) is 5.73 Å². The lowest BCUT2D eigenvalue weighted by Crippen LogP contribution is -2.18. The van der Waals surface area contributed by atoms with Gasteiger partial charge in [-0.3, -0.25) is 0 Å². The molecule has 1 aliphatic carbocycles. The molecule has 2 N–H and O–H groups in total. The summed E-state index contributed by atoms with van der Waals surface area (Å²) in [5.74, 6) is 0. The van der Waals surface area contributed by atoms with E-state index in [1.54, 1.807) is 0 Å². The molecule has 0 spiro atoms. The minimum absolute atomic E-state index is 0.248. The molecule has 3 rings (SSSR count). The lowest BCUT2D eigenvalue weighted by atomic mass is 9.93. The molecule has 2 heterocycles. The van der Waals surface area contributed by atoms with Crippen molar-refractivity contribution in [3.8, 4) is 0 Å². The fraction of sp³-hybridized carbons (Fsp3) is 0.500. The van der Waals surface area contributed by atoms with Gasteiger partial charge in [-0.15, -0.1) is 11.3 Å². The first kappa shape index (κ1) is 12.9. The highest BCUT2D eigenvalue weighted by Gasteiger charge is 2.22. The highest BCUT2D eigenvalue weighted by atomic mass is 32.1. The van der Waals surface area contributed by atoms with Crippen LogP contribution in [0.1, 0.15) is 52.5 Å². The van der Waals surface area contributed by atoms with Crippen molar-refractivity contribution < 1.29 is 0 Å². The van der Waals surface area contributed by atoms with Gasteiger partial charge in [0.25, 0.3) is 0 Å². The Morgan fingerprint density at radius 3 is 2.89 bits per heavy atom. The van der Waals surface area contributed by atoms with Crippen LogP contribution >= 0.6 is 11.3 Å². The number of nitrogens with zero attached hydrogens (tertiary/aromatic N) is 1. The summed E-state index contributed by atoms with van der Waals surface area (Å²) < 4.78 is 2.47. The normalized spacial score (nSPS) is 18.6. The smallest absolute Gasteiger partial charge is 0.0568 e. The molecule has 102 valence electrons. The van der Waals surface area contributed by atoms with Gasteiger partial charge >= 0.3 is 0 Å². The van der Waals surface area contributed by atoms with Gasteiger partial charge < -0.3 is 10.3 Å². The molecular weight excluding hydrogens is 252 g/mol. The number of fused-ring (bicyclic) bond motifs is 1. The summed E-state index contributed by atoms with van der Waals surface area (Å²) in [7, 11) is 0. The molecular formula is C16H22N2S. The SMILES string of the molecule is CCc1ccc(Cn2c(C)cc3c2CCCC3N)s1. The lowest BCUT2D eigenvalue weighted by molar-refractivity contribution is 0.547. The maximum Gasteiger partial charge on any atom is 0.0568 e. The monoisotopic (exact) mass is 274 g/mol. The zero-order valence-electron chi connectivity index (χ0n) is 11.8. The average Bonchev–Trinajstić information content (AvgIpc) is 2.97. The first-order valence-electron chi connectivity index (χ1n) is 7.21. The van der Waals surface area contributed by atoms with Crippen LogP contribution in [-0.2, 0) is 19.4 Å². The molecule has 0 aromatic carbocycles. The molecule has 0 aliphatic heterocycles. The third kappa shape index (κ3) is 2.37. The summed E-state index contributed by atoms with van der Waals surface area (Å²) in [5.41, 5.74) is 10.5. The number of nitrogens with two attached hydrogens (primary N) is 1. The van der Waals surface area contributed by atoms with Gasteiger partial charge in [0.2, 0.25) is 0 Å². The maximum atomic E-state index is 6.24. The number of rotatable bonds is 3. The molecule has 1 aliphatic rings. The van der Waals surface area contributed by atoms with Crippen LogP contribution in [0.25, 0.3) is 0 Å². The van der Waals surface area contributed by atoms with Crippen molar-refractivity contribution in [1.82, 2.24) is 4.57 Å². The Balaban J connectivity index is 1.92. The second kappa shape index (κ2) is 5.14. The number of hydrogen-bond acceptors (Lipinski definition) is 2. The van der Waals surface area contributed by atoms with E-state index in [1.165, 1.54) is 39.5 Å². The van der Waals surface area contributed by atoms with Crippen molar-refractivity contribution in [3.63, 3.8) is 0 Å². The van der Waals surface area contributed by atoms with E-state index in [9.17, 15) is 0 Å². The largest absolute Gasteiger partial charge is 0.343 e. The summed E-state index contributed by atoms with van der Waals surface area (Å²) >= 11 is 1.94. The number of aryl methyl sites for hydroxylation is 2. The Bertz CT molecular complexity index is 580. The first-order chi connectivity index (χ1) is 9.19. The summed E-state index contributed by atoms with van der Waals surface area (Å²) in [5, 5.41) is 0. The lowest BCUT2D eigenvalue weighted by Gasteiger charge is -2.21. The molecule has 0 saturated carbocycles. The highest BCUT2D eigenvalue weighted by Crippen LogP contribution is 2.31. The van der Waals surface area contributed by atoms with Crippen LogP contribution in [0.2, 0.25) is 0 Å². The average molecular weight is 274 g/mol. The first-order valence-corrected chi connectivity index (χ1v) is 8.02. The van der Waals surface area contributed by atoms with Crippen LogP contribution in [0, 0.1) is 6.92 Å². The molecule has 1 atom stereocenters. The van der Waals surface area contributed by atoms with E-state index in [0.29, 0.717) is 0 Å². The second-order valence-electron chi connectivity index (χ2n) is 5.49.